The summed E-state index contributed by atoms with van der Waals surface area (Å²) in [5.74, 6) is 0.668. The molecule has 1 amide bonds. The van der Waals surface area contributed by atoms with Crippen LogP contribution in [0.5, 0.6) is 5.75 Å². The number of hydrogen-bond acceptors (Lipinski definition) is 4. The summed E-state index contributed by atoms with van der Waals surface area (Å²) in [6.45, 7) is 3.48. The van der Waals surface area contributed by atoms with Crippen LogP contribution in [0.1, 0.15) is 29.5 Å². The highest BCUT2D eigenvalue weighted by molar-refractivity contribution is 5.79. The highest BCUT2D eigenvalue weighted by Crippen LogP contribution is 2.21. The number of hydrogen-bond donors (Lipinski definition) is 0. The van der Waals surface area contributed by atoms with Crippen LogP contribution in [0.3, 0.4) is 0 Å². The van der Waals surface area contributed by atoms with Crippen LogP contribution >= 0.6 is 0 Å². The number of carbonyl (C=O) groups excluding carboxylic acids is 1. The van der Waals surface area contributed by atoms with E-state index in [1.165, 1.54) is 17.7 Å². The van der Waals surface area contributed by atoms with Crippen molar-refractivity contribution in [1.82, 2.24) is 14.8 Å². The Bertz CT molecular complexity index is 1030. The number of benzene rings is 2. The molecule has 3 aromatic rings. The van der Waals surface area contributed by atoms with E-state index in [1.54, 1.807) is 25.4 Å². The monoisotopic (exact) mass is 461 g/mol. The molecule has 6 heteroatoms. The van der Waals surface area contributed by atoms with Gasteiger partial charge >= 0.3 is 0 Å². The number of ether oxygens (including phenoxy) is 1. The van der Waals surface area contributed by atoms with Crippen LogP contribution < -0.4 is 4.74 Å². The minimum atomic E-state index is -0.287. The van der Waals surface area contributed by atoms with Crippen molar-refractivity contribution >= 4 is 5.91 Å². The van der Waals surface area contributed by atoms with Crippen molar-refractivity contribution in [2.45, 2.75) is 38.3 Å². The molecule has 0 spiro atoms. The second kappa shape index (κ2) is 11.7. The van der Waals surface area contributed by atoms with Crippen molar-refractivity contribution in [3.8, 4) is 5.75 Å². The average molecular weight is 462 g/mol. The van der Waals surface area contributed by atoms with E-state index in [9.17, 15) is 9.18 Å². The Labute approximate surface area is 201 Å². The molecule has 0 bridgehead atoms. The van der Waals surface area contributed by atoms with E-state index in [0.29, 0.717) is 6.54 Å². The molecule has 1 aliphatic heterocycles. The van der Waals surface area contributed by atoms with Crippen LogP contribution in [-0.4, -0.2) is 53.5 Å². The Balaban J connectivity index is 1.36. The van der Waals surface area contributed by atoms with Gasteiger partial charge in [0.15, 0.2) is 0 Å². The van der Waals surface area contributed by atoms with Crippen molar-refractivity contribution in [2.24, 2.45) is 0 Å². The van der Waals surface area contributed by atoms with E-state index >= 15 is 0 Å². The van der Waals surface area contributed by atoms with Crippen LogP contribution in [0.4, 0.5) is 4.39 Å². The predicted molar refractivity (Wildman–Crippen MR) is 131 cm³/mol. The number of amides is 1. The quantitative estimate of drug-likeness (QED) is 0.471. The molecular weight excluding hydrogens is 429 g/mol. The van der Waals surface area contributed by atoms with Gasteiger partial charge in [-0.1, -0.05) is 30.3 Å². The van der Waals surface area contributed by atoms with Gasteiger partial charge in [0.1, 0.15) is 11.6 Å². The third-order valence-electron chi connectivity index (χ3n) is 6.54. The lowest BCUT2D eigenvalue weighted by molar-refractivity contribution is -0.134. The zero-order valence-electron chi connectivity index (χ0n) is 19.7. The molecule has 1 aromatic heterocycles. The number of pyridine rings is 1. The summed E-state index contributed by atoms with van der Waals surface area (Å²) >= 11 is 0. The molecule has 34 heavy (non-hydrogen) atoms. The van der Waals surface area contributed by atoms with Gasteiger partial charge in [0.2, 0.25) is 5.91 Å². The Morgan fingerprint density at radius 1 is 1.03 bits per heavy atom. The molecule has 5 nitrogen and oxygen atoms in total. The van der Waals surface area contributed by atoms with E-state index in [4.69, 9.17) is 4.74 Å². The number of nitrogens with zero attached hydrogens (tertiary/aromatic N) is 3. The Kier molecular flexibility index (Phi) is 8.26. The van der Waals surface area contributed by atoms with Crippen molar-refractivity contribution < 1.29 is 13.9 Å². The largest absolute Gasteiger partial charge is 0.497 e. The molecule has 0 N–H and O–H groups in total. The number of carbonyl (C=O) groups is 1. The van der Waals surface area contributed by atoms with Crippen molar-refractivity contribution in [3.63, 3.8) is 0 Å². The van der Waals surface area contributed by atoms with Gasteiger partial charge in [-0.25, -0.2) is 4.39 Å². The fourth-order valence-corrected chi connectivity index (χ4v) is 4.52. The molecule has 1 saturated heterocycles. The van der Waals surface area contributed by atoms with E-state index in [-0.39, 0.29) is 24.2 Å². The van der Waals surface area contributed by atoms with Gasteiger partial charge in [-0.15, -0.1) is 0 Å². The highest BCUT2D eigenvalue weighted by atomic mass is 19.1. The summed E-state index contributed by atoms with van der Waals surface area (Å²) in [6, 6.07) is 18.6. The van der Waals surface area contributed by atoms with Crippen molar-refractivity contribution in [1.29, 1.82) is 0 Å². The lowest BCUT2D eigenvalue weighted by atomic mass is 10.00. The second-order valence-corrected chi connectivity index (χ2v) is 8.86. The Hall–Kier alpha value is -3.25. The molecule has 1 fully saturated rings. The lowest BCUT2D eigenvalue weighted by Crippen LogP contribution is -2.47. The maximum atomic E-state index is 13.3. The first-order valence-electron chi connectivity index (χ1n) is 11.9. The standard InChI is InChI=1S/C28H32FN3O2/c1-34-27-10-6-22(7-11-27)12-16-31-17-13-26(14-18-31)32(21-24-3-2-15-30-20-24)28(33)19-23-4-8-25(29)9-5-23/h2-11,15,20,26H,12-14,16-19,21H2,1H3. The molecular formula is C28H32FN3O2. The molecule has 2 aromatic carbocycles. The summed E-state index contributed by atoms with van der Waals surface area (Å²) in [6.07, 6.45) is 6.73. The van der Waals surface area contributed by atoms with Gasteiger partial charge in [-0.2, -0.15) is 0 Å². The maximum Gasteiger partial charge on any atom is 0.227 e. The smallest absolute Gasteiger partial charge is 0.227 e. The molecule has 4 rings (SSSR count). The number of methoxy groups -OCH3 is 1. The third kappa shape index (κ3) is 6.64. The molecule has 0 atom stereocenters. The predicted octanol–water partition coefficient (Wildman–Crippen LogP) is 4.51. The summed E-state index contributed by atoms with van der Waals surface area (Å²) in [5.41, 5.74) is 3.16. The van der Waals surface area contributed by atoms with Gasteiger partial charge < -0.3 is 14.5 Å². The summed E-state index contributed by atoms with van der Waals surface area (Å²) < 4.78 is 18.5. The summed E-state index contributed by atoms with van der Waals surface area (Å²) in [4.78, 5) is 22.0. The third-order valence-corrected chi connectivity index (χ3v) is 6.54. The van der Waals surface area contributed by atoms with Gasteiger partial charge in [0.05, 0.1) is 13.5 Å². The SMILES string of the molecule is COc1ccc(CCN2CCC(N(Cc3cccnc3)C(=O)Cc3ccc(F)cc3)CC2)cc1. The number of likely N-dealkylation sites (tertiary alicyclic amines) is 1. The minimum absolute atomic E-state index is 0.0761. The van der Waals surface area contributed by atoms with Gasteiger partial charge in [-0.05, 0) is 66.3 Å². The van der Waals surface area contributed by atoms with Crippen LogP contribution in [0.25, 0.3) is 0 Å². The van der Waals surface area contributed by atoms with Gasteiger partial charge in [-0.3, -0.25) is 9.78 Å². The normalized spacial score (nSPS) is 14.6. The number of aromatic nitrogens is 1. The van der Waals surface area contributed by atoms with Crippen molar-refractivity contribution in [2.75, 3.05) is 26.7 Å². The Morgan fingerprint density at radius 2 is 1.74 bits per heavy atom. The van der Waals surface area contributed by atoms with E-state index < -0.39 is 0 Å². The zero-order valence-corrected chi connectivity index (χ0v) is 19.7. The highest BCUT2D eigenvalue weighted by Gasteiger charge is 2.28. The van der Waals surface area contributed by atoms with Crippen molar-refractivity contribution in [3.05, 3.63) is 95.6 Å². The van der Waals surface area contributed by atoms with Crippen LogP contribution in [0.15, 0.2) is 73.1 Å². The number of halogens is 1. The summed E-state index contributed by atoms with van der Waals surface area (Å²) in [7, 11) is 1.68. The number of rotatable bonds is 9. The van der Waals surface area contributed by atoms with Crippen LogP contribution in [-0.2, 0) is 24.2 Å². The minimum Gasteiger partial charge on any atom is -0.497 e. The molecule has 0 saturated carbocycles. The van der Waals surface area contributed by atoms with Gasteiger partial charge in [0, 0.05) is 44.6 Å². The topological polar surface area (TPSA) is 45.7 Å². The zero-order chi connectivity index (χ0) is 23.8. The van der Waals surface area contributed by atoms with E-state index in [1.807, 2.05) is 35.4 Å². The molecule has 1 aliphatic rings. The molecule has 0 unspecified atom stereocenters. The second-order valence-electron chi connectivity index (χ2n) is 8.86. The van der Waals surface area contributed by atoms with Crippen LogP contribution in [0.2, 0.25) is 0 Å². The fourth-order valence-electron chi connectivity index (χ4n) is 4.52. The first-order chi connectivity index (χ1) is 16.6. The maximum absolute atomic E-state index is 13.3. The number of piperidine rings is 1. The average Bonchev–Trinajstić information content (AvgIpc) is 2.88. The summed E-state index contributed by atoms with van der Waals surface area (Å²) in [5, 5.41) is 0. The van der Waals surface area contributed by atoms with Gasteiger partial charge in [0.25, 0.3) is 0 Å². The molecule has 178 valence electrons. The first kappa shape index (κ1) is 23.9. The molecule has 2 heterocycles. The van der Waals surface area contributed by atoms with Crippen LogP contribution in [0, 0.1) is 5.82 Å². The lowest BCUT2D eigenvalue weighted by Gasteiger charge is -2.39. The van der Waals surface area contributed by atoms with E-state index in [2.05, 4.69) is 22.0 Å². The first-order valence-corrected chi connectivity index (χ1v) is 11.9. The van der Waals surface area contributed by atoms with E-state index in [0.717, 1.165) is 55.8 Å². The molecule has 0 aliphatic carbocycles. The Morgan fingerprint density at radius 3 is 2.38 bits per heavy atom. The fraction of sp³-hybridized carbons (Fsp3) is 0.357. The molecule has 0 radical (unpaired) electrons.